The molecule has 1 atom stereocenters. The van der Waals surface area contributed by atoms with E-state index in [0.29, 0.717) is 6.54 Å². The number of para-hydroxylation sites is 1. The maximum atomic E-state index is 10.4. The van der Waals surface area contributed by atoms with E-state index < -0.39 is 6.10 Å². The van der Waals surface area contributed by atoms with Crippen molar-refractivity contribution in [3.63, 3.8) is 0 Å². The van der Waals surface area contributed by atoms with Gasteiger partial charge in [0.25, 0.3) is 0 Å². The van der Waals surface area contributed by atoms with Gasteiger partial charge in [-0.15, -0.1) is 0 Å². The SMILES string of the molecule is O[C@@H](COc1ccc(-c2ccccc2)cc1)CN1CCN(c2ccccc2Cl)CC1. The summed E-state index contributed by atoms with van der Waals surface area (Å²) in [5, 5.41) is 11.2. The molecule has 1 heterocycles. The third-order valence-corrected chi connectivity index (χ3v) is 5.76. The number of aliphatic hydroxyl groups excluding tert-OH is 1. The summed E-state index contributed by atoms with van der Waals surface area (Å²) >= 11 is 6.31. The summed E-state index contributed by atoms with van der Waals surface area (Å²) in [6.07, 6.45) is -0.523. The summed E-state index contributed by atoms with van der Waals surface area (Å²) in [5.41, 5.74) is 3.42. The average molecular weight is 423 g/mol. The monoisotopic (exact) mass is 422 g/mol. The number of hydrogen-bond donors (Lipinski definition) is 1. The number of benzene rings is 3. The first kappa shape index (κ1) is 20.7. The molecule has 1 aliphatic heterocycles. The van der Waals surface area contributed by atoms with Gasteiger partial charge in [-0.25, -0.2) is 0 Å². The lowest BCUT2D eigenvalue weighted by Gasteiger charge is -2.37. The highest BCUT2D eigenvalue weighted by Gasteiger charge is 2.20. The Morgan fingerprint density at radius 1 is 0.800 bits per heavy atom. The highest BCUT2D eigenvalue weighted by molar-refractivity contribution is 6.33. The molecule has 3 aromatic carbocycles. The topological polar surface area (TPSA) is 35.9 Å². The molecule has 4 nitrogen and oxygen atoms in total. The predicted molar refractivity (Wildman–Crippen MR) is 123 cm³/mol. The second kappa shape index (κ2) is 9.98. The van der Waals surface area contributed by atoms with Crippen molar-refractivity contribution in [2.75, 3.05) is 44.2 Å². The molecule has 0 amide bonds. The zero-order valence-corrected chi connectivity index (χ0v) is 17.7. The Morgan fingerprint density at radius 3 is 2.13 bits per heavy atom. The van der Waals surface area contributed by atoms with Crippen LogP contribution < -0.4 is 9.64 Å². The molecule has 30 heavy (non-hydrogen) atoms. The number of halogens is 1. The van der Waals surface area contributed by atoms with Crippen molar-refractivity contribution in [1.82, 2.24) is 4.90 Å². The minimum absolute atomic E-state index is 0.287. The number of β-amino-alcohol motifs (C(OH)–C–C–N with tert-alkyl or cyclic N) is 1. The van der Waals surface area contributed by atoms with E-state index in [1.165, 1.54) is 5.56 Å². The van der Waals surface area contributed by atoms with Gasteiger partial charge in [0.15, 0.2) is 0 Å². The van der Waals surface area contributed by atoms with Gasteiger partial charge in [-0.3, -0.25) is 4.90 Å². The third kappa shape index (κ3) is 5.33. The van der Waals surface area contributed by atoms with Crippen LogP contribution >= 0.6 is 11.6 Å². The minimum Gasteiger partial charge on any atom is -0.491 e. The van der Waals surface area contributed by atoms with E-state index in [9.17, 15) is 5.11 Å². The number of anilines is 1. The normalized spacial score (nSPS) is 15.7. The van der Waals surface area contributed by atoms with Crippen LogP contribution in [-0.4, -0.2) is 55.4 Å². The Hall–Kier alpha value is -2.53. The maximum Gasteiger partial charge on any atom is 0.119 e. The third-order valence-electron chi connectivity index (χ3n) is 5.44. The summed E-state index contributed by atoms with van der Waals surface area (Å²) in [4.78, 5) is 4.58. The van der Waals surface area contributed by atoms with Crippen LogP contribution in [0.15, 0.2) is 78.9 Å². The van der Waals surface area contributed by atoms with Gasteiger partial charge in [0.1, 0.15) is 18.5 Å². The molecule has 0 spiro atoms. The number of rotatable bonds is 7. The van der Waals surface area contributed by atoms with E-state index in [-0.39, 0.29) is 6.61 Å². The van der Waals surface area contributed by atoms with Crippen molar-refractivity contribution in [1.29, 1.82) is 0 Å². The van der Waals surface area contributed by atoms with Gasteiger partial charge >= 0.3 is 0 Å². The Labute approximate surface area is 183 Å². The summed E-state index contributed by atoms with van der Waals surface area (Å²) in [6, 6.07) is 26.2. The highest BCUT2D eigenvalue weighted by atomic mass is 35.5. The van der Waals surface area contributed by atoms with Gasteiger partial charge < -0.3 is 14.7 Å². The smallest absolute Gasteiger partial charge is 0.119 e. The molecule has 1 fully saturated rings. The lowest BCUT2D eigenvalue weighted by Crippen LogP contribution is -2.49. The second-order valence-corrected chi connectivity index (χ2v) is 8.00. The minimum atomic E-state index is -0.523. The molecule has 0 aliphatic carbocycles. The fourth-order valence-electron chi connectivity index (χ4n) is 3.80. The van der Waals surface area contributed by atoms with Gasteiger partial charge in [0.2, 0.25) is 0 Å². The summed E-state index contributed by atoms with van der Waals surface area (Å²) in [5.74, 6) is 0.775. The Morgan fingerprint density at radius 2 is 1.43 bits per heavy atom. The molecule has 0 unspecified atom stereocenters. The fraction of sp³-hybridized carbons (Fsp3) is 0.280. The molecule has 3 aromatic rings. The summed E-state index contributed by atoms with van der Waals surface area (Å²) in [6.45, 7) is 4.49. The maximum absolute atomic E-state index is 10.4. The summed E-state index contributed by atoms with van der Waals surface area (Å²) < 4.78 is 5.80. The molecule has 0 bridgehead atoms. The van der Waals surface area contributed by atoms with Crippen molar-refractivity contribution < 1.29 is 9.84 Å². The van der Waals surface area contributed by atoms with E-state index >= 15 is 0 Å². The van der Waals surface area contributed by atoms with Gasteiger partial charge in [-0.1, -0.05) is 66.2 Å². The van der Waals surface area contributed by atoms with Crippen molar-refractivity contribution in [2.45, 2.75) is 6.10 Å². The van der Waals surface area contributed by atoms with Gasteiger partial charge in [0, 0.05) is 32.7 Å². The molecule has 0 saturated carbocycles. The van der Waals surface area contributed by atoms with Crippen LogP contribution in [0.4, 0.5) is 5.69 Å². The molecule has 1 N–H and O–H groups in total. The van der Waals surface area contributed by atoms with Crippen LogP contribution in [0, 0.1) is 0 Å². The van der Waals surface area contributed by atoms with Gasteiger partial charge in [-0.05, 0) is 35.4 Å². The zero-order chi connectivity index (χ0) is 20.8. The number of nitrogens with zero attached hydrogens (tertiary/aromatic N) is 2. The molecule has 0 radical (unpaired) electrons. The number of piperazine rings is 1. The van der Waals surface area contributed by atoms with Gasteiger partial charge in [-0.2, -0.15) is 0 Å². The fourth-order valence-corrected chi connectivity index (χ4v) is 4.05. The number of ether oxygens (including phenoxy) is 1. The molecule has 4 rings (SSSR count). The first-order valence-corrected chi connectivity index (χ1v) is 10.7. The largest absolute Gasteiger partial charge is 0.491 e. The first-order valence-electron chi connectivity index (χ1n) is 10.4. The lowest BCUT2D eigenvalue weighted by molar-refractivity contribution is 0.0663. The molecular formula is C25H27ClN2O2. The Bertz CT molecular complexity index is 925. The van der Waals surface area contributed by atoms with Crippen LogP contribution in [0.25, 0.3) is 11.1 Å². The molecular weight excluding hydrogens is 396 g/mol. The van der Waals surface area contributed by atoms with Crippen LogP contribution in [0.2, 0.25) is 5.02 Å². The quantitative estimate of drug-likeness (QED) is 0.605. The average Bonchev–Trinajstić information content (AvgIpc) is 2.80. The Balaban J connectivity index is 1.22. The number of hydrogen-bond acceptors (Lipinski definition) is 4. The standard InChI is InChI=1S/C25H27ClN2O2/c26-24-8-4-5-9-25(24)28-16-14-27(15-17-28)18-22(29)19-30-23-12-10-21(11-13-23)20-6-2-1-3-7-20/h1-13,22,29H,14-19H2/t22-/m1/s1. The second-order valence-electron chi connectivity index (χ2n) is 7.59. The molecule has 0 aromatic heterocycles. The Kier molecular flexibility index (Phi) is 6.90. The van der Waals surface area contributed by atoms with Crippen LogP contribution in [-0.2, 0) is 0 Å². The molecule has 5 heteroatoms. The highest BCUT2D eigenvalue weighted by Crippen LogP contribution is 2.26. The van der Waals surface area contributed by atoms with E-state index in [1.807, 2.05) is 60.7 Å². The van der Waals surface area contributed by atoms with Crippen molar-refractivity contribution in [3.05, 3.63) is 83.9 Å². The van der Waals surface area contributed by atoms with Crippen LogP contribution in [0.5, 0.6) is 5.75 Å². The predicted octanol–water partition coefficient (Wildman–Crippen LogP) is 4.57. The lowest BCUT2D eigenvalue weighted by atomic mass is 10.1. The van der Waals surface area contributed by atoms with Gasteiger partial charge in [0.05, 0.1) is 10.7 Å². The van der Waals surface area contributed by atoms with E-state index in [2.05, 4.69) is 28.0 Å². The van der Waals surface area contributed by atoms with E-state index in [1.54, 1.807) is 0 Å². The summed E-state index contributed by atoms with van der Waals surface area (Å²) in [7, 11) is 0. The molecule has 1 saturated heterocycles. The van der Waals surface area contributed by atoms with Crippen molar-refractivity contribution in [3.8, 4) is 16.9 Å². The zero-order valence-electron chi connectivity index (χ0n) is 17.0. The molecule has 1 aliphatic rings. The van der Waals surface area contributed by atoms with Crippen LogP contribution in [0.1, 0.15) is 0 Å². The molecule has 156 valence electrons. The van der Waals surface area contributed by atoms with E-state index in [0.717, 1.165) is 48.2 Å². The van der Waals surface area contributed by atoms with Crippen molar-refractivity contribution >= 4 is 17.3 Å². The number of aliphatic hydroxyl groups is 1. The van der Waals surface area contributed by atoms with E-state index in [4.69, 9.17) is 16.3 Å². The van der Waals surface area contributed by atoms with Crippen LogP contribution in [0.3, 0.4) is 0 Å². The van der Waals surface area contributed by atoms with Crippen molar-refractivity contribution in [2.24, 2.45) is 0 Å². The first-order chi connectivity index (χ1) is 14.7.